The Balaban J connectivity index is 2.09. The van der Waals surface area contributed by atoms with Gasteiger partial charge >= 0.3 is 17.9 Å². The quantitative estimate of drug-likeness (QED) is 0.0414. The van der Waals surface area contributed by atoms with E-state index in [1.54, 1.807) is 20.8 Å². The number of carbonyl (C=O) groups excluding carboxylic acids is 7. The number of rotatable bonds is 56. The molecule has 0 saturated heterocycles. The fourth-order valence-electron chi connectivity index (χ4n) is 8.58. The number of aliphatic carboxylic acids is 3. The van der Waals surface area contributed by atoms with Gasteiger partial charge in [0, 0.05) is 76.4 Å². The van der Waals surface area contributed by atoms with Crippen molar-refractivity contribution in [1.82, 2.24) is 47.2 Å². The van der Waals surface area contributed by atoms with Crippen LogP contribution in [0.1, 0.15) is 200 Å². The van der Waals surface area contributed by atoms with E-state index in [4.69, 9.17) is 14.2 Å². The summed E-state index contributed by atoms with van der Waals surface area (Å²) < 4.78 is 41.3. The fraction of sp³-hybridized carbons (Fsp3) is 0.807. The average molecular weight is 1230 g/mol. The van der Waals surface area contributed by atoms with E-state index in [2.05, 4.69) is 47.2 Å². The minimum atomic E-state index is -3.68. The first-order valence-electron chi connectivity index (χ1n) is 30.3. The number of hydrogen-bond donors (Lipinski definition) is 9. The second kappa shape index (κ2) is 47.2. The lowest BCUT2D eigenvalue weighted by Crippen LogP contribution is -2.44. The summed E-state index contributed by atoms with van der Waals surface area (Å²) in [6, 6.07) is -2.94. The molecule has 0 aromatic carbocycles. The number of nitrogens with one attached hydrogen (secondary N) is 6. The van der Waals surface area contributed by atoms with Crippen molar-refractivity contribution in [1.29, 1.82) is 0 Å². The normalized spacial score (nSPS) is 12.6. The van der Waals surface area contributed by atoms with E-state index >= 15 is 0 Å². The van der Waals surface area contributed by atoms with Crippen molar-refractivity contribution in [3.63, 3.8) is 0 Å². The van der Waals surface area contributed by atoms with Crippen LogP contribution in [0.5, 0.6) is 0 Å². The van der Waals surface area contributed by atoms with Gasteiger partial charge in [-0.1, -0.05) is 103 Å². The Labute approximate surface area is 500 Å². The smallest absolute Gasteiger partial charge is 0.326 e. The van der Waals surface area contributed by atoms with Crippen molar-refractivity contribution < 1.29 is 85.9 Å². The molecule has 0 aliphatic carbocycles. The molecule has 1 rings (SSSR count). The van der Waals surface area contributed by atoms with Gasteiger partial charge in [0.1, 0.15) is 29.4 Å². The molecule has 3 atom stereocenters. The number of tetrazole rings is 1. The fourth-order valence-corrected chi connectivity index (χ4v) is 9.94. The van der Waals surface area contributed by atoms with Crippen LogP contribution in [0.3, 0.4) is 0 Å². The standard InChI is InChI=1S/C57H99N9O18S/c1-57(2,3)47(68)41-43(54(74)75)21-17-18-31-58-51(71)30-34-82-36-38-84-39-37-83-35-33-60-50(70)28-26-45(55(76)77)62-53(73)29-27-46(56(78)79)61-52(72)24-19-32-59-49(69)25-20-40-85(80,81)42-44(67)22-15-13-11-9-7-5-4-6-8-10-12-14-16-23-48-63-65-66-64-48/h43,45-46H,4-42H2,1-3H3,(H,58,71)(H,59,69)(H,60,70)(H,61,72)(H,62,73)(H,74,75)(H,76,77)(H,78,79)(H,63,64,65,66)/t43-,45?,46?/m1/s1. The minimum absolute atomic E-state index is 0.0154. The average Bonchev–Trinajstić information content (AvgIpc) is 4.14. The van der Waals surface area contributed by atoms with Crippen molar-refractivity contribution in [2.75, 3.05) is 70.8 Å². The molecule has 0 spiro atoms. The molecule has 5 amide bonds. The zero-order chi connectivity index (χ0) is 63.1. The van der Waals surface area contributed by atoms with Gasteiger partial charge in [-0.15, -0.1) is 10.2 Å². The number of H-pyrrole nitrogens is 1. The van der Waals surface area contributed by atoms with E-state index < -0.39 is 87.0 Å². The number of sulfone groups is 1. The molecule has 0 radical (unpaired) electrons. The summed E-state index contributed by atoms with van der Waals surface area (Å²) >= 11 is 0. The van der Waals surface area contributed by atoms with Crippen LogP contribution in [-0.4, -0.2) is 186 Å². The topological polar surface area (TPSA) is 408 Å². The maximum Gasteiger partial charge on any atom is 0.326 e. The van der Waals surface area contributed by atoms with Gasteiger partial charge in [-0.3, -0.25) is 38.4 Å². The zero-order valence-electron chi connectivity index (χ0n) is 50.5. The number of nitrogens with zero attached hydrogens (tertiary/aromatic N) is 3. The first-order chi connectivity index (χ1) is 40.5. The third-order valence-corrected chi connectivity index (χ3v) is 15.4. The first-order valence-corrected chi connectivity index (χ1v) is 32.1. The Bertz CT molecular complexity index is 2230. The lowest BCUT2D eigenvalue weighted by molar-refractivity contribution is -0.145. The molecule has 2 unspecified atom stereocenters. The van der Waals surface area contributed by atoms with Gasteiger partial charge in [0.15, 0.2) is 15.7 Å². The molecular weight excluding hydrogens is 1130 g/mol. The highest BCUT2D eigenvalue weighted by molar-refractivity contribution is 7.92. The molecule has 0 aliphatic rings. The summed E-state index contributed by atoms with van der Waals surface area (Å²) in [7, 11) is -3.68. The maximum atomic E-state index is 12.6. The van der Waals surface area contributed by atoms with E-state index in [0.29, 0.717) is 32.2 Å². The molecule has 1 aromatic heterocycles. The third-order valence-electron chi connectivity index (χ3n) is 13.7. The van der Waals surface area contributed by atoms with Crippen LogP contribution in [-0.2, 0) is 78.4 Å². The van der Waals surface area contributed by atoms with Crippen LogP contribution in [0.25, 0.3) is 0 Å². The maximum absolute atomic E-state index is 12.6. The van der Waals surface area contributed by atoms with Gasteiger partial charge in [0.05, 0.1) is 51.3 Å². The number of aromatic nitrogens is 4. The minimum Gasteiger partial charge on any atom is -0.481 e. The highest BCUT2D eigenvalue weighted by Gasteiger charge is 2.28. The number of ether oxygens (including phenoxy) is 3. The Hall–Kier alpha value is -6.00. The van der Waals surface area contributed by atoms with E-state index in [0.717, 1.165) is 44.3 Å². The summed E-state index contributed by atoms with van der Waals surface area (Å²) in [6.45, 7) is 7.05. The monoisotopic (exact) mass is 1230 g/mol. The summed E-state index contributed by atoms with van der Waals surface area (Å²) in [5.41, 5.74) is -0.600. The lowest BCUT2D eigenvalue weighted by atomic mass is 9.84. The van der Waals surface area contributed by atoms with Gasteiger partial charge in [-0.25, -0.2) is 18.0 Å². The summed E-state index contributed by atoms with van der Waals surface area (Å²) in [5.74, 6) is -7.78. The van der Waals surface area contributed by atoms with Gasteiger partial charge in [-0.2, -0.15) is 5.21 Å². The van der Waals surface area contributed by atoms with E-state index in [1.807, 2.05) is 0 Å². The molecule has 0 fully saturated rings. The highest BCUT2D eigenvalue weighted by atomic mass is 32.2. The third kappa shape index (κ3) is 44.2. The summed E-state index contributed by atoms with van der Waals surface area (Å²) in [4.78, 5) is 122. The number of amides is 5. The number of carboxylic acids is 3. The molecule has 9 N–H and O–H groups in total. The summed E-state index contributed by atoms with van der Waals surface area (Å²) in [6.07, 6.45) is 15.5. The van der Waals surface area contributed by atoms with Crippen molar-refractivity contribution >= 4 is 68.8 Å². The number of aromatic amines is 1. The largest absolute Gasteiger partial charge is 0.481 e. The molecule has 0 bridgehead atoms. The molecule has 1 heterocycles. The number of aryl methyl sites for hydroxylation is 1. The van der Waals surface area contributed by atoms with Crippen LogP contribution >= 0.6 is 0 Å². The van der Waals surface area contributed by atoms with E-state index in [-0.39, 0.29) is 140 Å². The molecule has 28 heteroatoms. The second-order valence-corrected chi connectivity index (χ2v) is 24.5. The predicted octanol–water partition coefficient (Wildman–Crippen LogP) is 4.11. The van der Waals surface area contributed by atoms with Crippen molar-refractivity contribution in [2.24, 2.45) is 11.3 Å². The Morgan fingerprint density at radius 3 is 1.51 bits per heavy atom. The number of carbonyl (C=O) groups is 10. The lowest BCUT2D eigenvalue weighted by Gasteiger charge is -2.19. The molecule has 85 heavy (non-hydrogen) atoms. The SMILES string of the molecule is CC(C)(C)C(=O)C[C@@H](CCCCNC(=O)CCOCCOCCOCCNC(=O)CCC(NC(=O)CCC(NC(=O)CCCNC(=O)CCCS(=O)(=O)CC(=O)CCCCCCCCCCCCCCCc1nn[nH]n1)C(=O)O)C(=O)O)C(=O)O. The summed E-state index contributed by atoms with van der Waals surface area (Å²) in [5, 5.41) is 55.1. The van der Waals surface area contributed by atoms with E-state index in [9.17, 15) is 71.7 Å². The van der Waals surface area contributed by atoms with Crippen molar-refractivity contribution in [3.05, 3.63) is 5.82 Å². The number of Topliss-reactive ketones (excluding diaryl/α,β-unsaturated/α-hetero) is 2. The van der Waals surface area contributed by atoms with Crippen LogP contribution in [0.2, 0.25) is 0 Å². The number of ketones is 2. The predicted molar refractivity (Wildman–Crippen MR) is 312 cm³/mol. The van der Waals surface area contributed by atoms with Gasteiger partial charge in [-0.05, 0) is 51.4 Å². The number of carboxylic acid groups (broad SMARTS) is 3. The van der Waals surface area contributed by atoms with Crippen LogP contribution in [0.15, 0.2) is 0 Å². The van der Waals surface area contributed by atoms with Crippen LogP contribution in [0.4, 0.5) is 0 Å². The first kappa shape index (κ1) is 77.0. The van der Waals surface area contributed by atoms with Crippen LogP contribution < -0.4 is 26.6 Å². The van der Waals surface area contributed by atoms with Gasteiger partial charge < -0.3 is 56.1 Å². The van der Waals surface area contributed by atoms with Crippen LogP contribution in [0, 0.1) is 11.3 Å². The zero-order valence-corrected chi connectivity index (χ0v) is 51.3. The molecule has 27 nitrogen and oxygen atoms in total. The molecule has 0 aliphatic heterocycles. The van der Waals surface area contributed by atoms with Crippen molar-refractivity contribution in [2.45, 2.75) is 213 Å². The van der Waals surface area contributed by atoms with Gasteiger partial charge in [0.2, 0.25) is 29.5 Å². The Morgan fingerprint density at radius 1 is 0.494 bits per heavy atom. The molecular formula is C57H99N9O18S. The Kier molecular flexibility index (Phi) is 42.8. The highest BCUT2D eigenvalue weighted by Crippen LogP contribution is 2.23. The number of unbranched alkanes of at least 4 members (excludes halogenated alkanes) is 13. The number of hydrogen-bond acceptors (Lipinski definition) is 18. The van der Waals surface area contributed by atoms with Gasteiger partial charge in [0.25, 0.3) is 0 Å². The van der Waals surface area contributed by atoms with Crippen molar-refractivity contribution in [3.8, 4) is 0 Å². The second-order valence-electron chi connectivity index (χ2n) is 22.3. The van der Waals surface area contributed by atoms with E-state index in [1.165, 1.54) is 44.9 Å². The molecule has 1 aromatic rings. The molecule has 486 valence electrons. The Morgan fingerprint density at radius 2 is 0.965 bits per heavy atom. The molecule has 0 saturated carbocycles.